The summed E-state index contributed by atoms with van der Waals surface area (Å²) in [6.07, 6.45) is -0.0230. The molecule has 0 aliphatic rings. The van der Waals surface area contributed by atoms with E-state index in [4.69, 9.17) is 34.8 Å². The fraction of sp³-hybridized carbons (Fsp3) is 0.364. The van der Waals surface area contributed by atoms with Crippen LogP contribution < -0.4 is 5.32 Å². The Kier molecular flexibility index (Phi) is 5.55. The highest BCUT2D eigenvalue weighted by Crippen LogP contribution is 2.32. The lowest BCUT2D eigenvalue weighted by Gasteiger charge is -2.23. The molecule has 0 amide bonds. The van der Waals surface area contributed by atoms with Gasteiger partial charge < -0.3 is 5.32 Å². The van der Waals surface area contributed by atoms with Crippen LogP contribution in [0.3, 0.4) is 0 Å². The van der Waals surface area contributed by atoms with E-state index < -0.39 is 14.8 Å². The second kappa shape index (κ2) is 6.52. The zero-order chi connectivity index (χ0) is 14.6. The van der Waals surface area contributed by atoms with Crippen molar-refractivity contribution >= 4 is 46.3 Å². The number of hydrogen-bond acceptors (Lipinski definition) is 4. The molecule has 8 heteroatoms. The third-order valence-electron chi connectivity index (χ3n) is 2.53. The number of ketones is 1. The molecule has 0 aliphatic carbocycles. The van der Waals surface area contributed by atoms with Crippen LogP contribution in [0.25, 0.3) is 0 Å². The summed E-state index contributed by atoms with van der Waals surface area (Å²) < 4.78 is -1.61. The first-order chi connectivity index (χ1) is 8.75. The largest absolute Gasteiger partial charge is 0.313 e. The lowest BCUT2D eigenvalue weighted by atomic mass is 10.0. The smallest absolute Gasteiger partial charge is 0.269 e. The number of alkyl halides is 3. The summed E-state index contributed by atoms with van der Waals surface area (Å²) in [5.74, 6) is -0.263. The number of benzene rings is 1. The average molecular weight is 326 g/mol. The van der Waals surface area contributed by atoms with E-state index in [0.29, 0.717) is 5.56 Å². The minimum absolute atomic E-state index is 0.0230. The third-order valence-corrected chi connectivity index (χ3v) is 3.32. The average Bonchev–Trinajstić information content (AvgIpc) is 2.34. The Balaban J connectivity index is 2.80. The van der Waals surface area contributed by atoms with E-state index in [9.17, 15) is 14.9 Å². The number of non-ortho nitro benzene ring substituents is 1. The number of rotatable bonds is 5. The fourth-order valence-electron chi connectivity index (χ4n) is 1.45. The van der Waals surface area contributed by atoms with Crippen molar-refractivity contribution in [2.75, 3.05) is 7.05 Å². The van der Waals surface area contributed by atoms with E-state index in [1.165, 1.54) is 24.3 Å². The molecule has 0 unspecified atom stereocenters. The first-order valence-electron chi connectivity index (χ1n) is 5.27. The molecule has 1 atom stereocenters. The Labute approximate surface area is 125 Å². The molecule has 104 valence electrons. The Morgan fingerprint density at radius 3 is 2.26 bits per heavy atom. The lowest BCUT2D eigenvalue weighted by molar-refractivity contribution is -0.384. The third kappa shape index (κ3) is 4.62. The van der Waals surface area contributed by atoms with E-state index in [2.05, 4.69) is 5.32 Å². The van der Waals surface area contributed by atoms with Gasteiger partial charge in [0.25, 0.3) is 5.69 Å². The number of nitro groups is 1. The molecule has 1 aromatic rings. The number of hydrogen-bond donors (Lipinski definition) is 1. The Hall–Kier alpha value is -0.880. The topological polar surface area (TPSA) is 72.2 Å². The van der Waals surface area contributed by atoms with Crippen molar-refractivity contribution in [3.05, 3.63) is 39.9 Å². The Morgan fingerprint density at radius 2 is 1.89 bits per heavy atom. The van der Waals surface area contributed by atoms with E-state index in [1.54, 1.807) is 7.05 Å². The molecule has 0 heterocycles. The van der Waals surface area contributed by atoms with Crippen molar-refractivity contribution in [3.8, 4) is 0 Å². The molecule has 19 heavy (non-hydrogen) atoms. The monoisotopic (exact) mass is 324 g/mol. The first-order valence-corrected chi connectivity index (χ1v) is 6.40. The highest BCUT2D eigenvalue weighted by atomic mass is 35.6. The first kappa shape index (κ1) is 16.2. The molecule has 1 aromatic carbocycles. The second-order valence-electron chi connectivity index (χ2n) is 3.81. The van der Waals surface area contributed by atoms with E-state index in [-0.39, 0.29) is 17.9 Å². The number of carbonyl (C=O) groups is 1. The number of nitro benzene ring substituents is 1. The zero-order valence-electron chi connectivity index (χ0n) is 9.90. The number of halogens is 3. The number of nitrogens with zero attached hydrogens (tertiary/aromatic N) is 1. The summed E-state index contributed by atoms with van der Waals surface area (Å²) in [6.45, 7) is 0. The van der Waals surface area contributed by atoms with Crippen molar-refractivity contribution < 1.29 is 9.72 Å². The molecule has 1 rings (SSSR count). The quantitative estimate of drug-likeness (QED) is 0.391. The SMILES string of the molecule is CN[C@H](CC(=O)c1ccc([N+](=O)[O-])cc1)C(Cl)(Cl)Cl. The summed E-state index contributed by atoms with van der Waals surface area (Å²) in [6, 6.07) is 4.64. The van der Waals surface area contributed by atoms with Gasteiger partial charge in [-0.15, -0.1) is 0 Å². The van der Waals surface area contributed by atoms with E-state index >= 15 is 0 Å². The van der Waals surface area contributed by atoms with Gasteiger partial charge in [-0.3, -0.25) is 14.9 Å². The van der Waals surface area contributed by atoms with Gasteiger partial charge in [0.1, 0.15) is 0 Å². The fourth-order valence-corrected chi connectivity index (χ4v) is 2.01. The summed E-state index contributed by atoms with van der Waals surface area (Å²) in [7, 11) is 1.58. The van der Waals surface area contributed by atoms with Crippen LogP contribution >= 0.6 is 34.8 Å². The number of carbonyl (C=O) groups excluding carboxylic acids is 1. The van der Waals surface area contributed by atoms with Crippen molar-refractivity contribution in [3.63, 3.8) is 0 Å². The molecule has 0 saturated carbocycles. The van der Waals surface area contributed by atoms with Gasteiger partial charge >= 0.3 is 0 Å². The summed E-state index contributed by atoms with van der Waals surface area (Å²) in [5, 5.41) is 13.2. The predicted molar refractivity (Wildman–Crippen MR) is 75.2 cm³/mol. The van der Waals surface area contributed by atoms with Crippen molar-refractivity contribution in [2.45, 2.75) is 16.3 Å². The van der Waals surface area contributed by atoms with Crippen LogP contribution in [0.2, 0.25) is 0 Å². The molecule has 0 bridgehead atoms. The molecular weight excluding hydrogens is 314 g/mol. The van der Waals surface area contributed by atoms with Crippen LogP contribution in [-0.2, 0) is 0 Å². The molecular formula is C11H11Cl3N2O3. The highest BCUT2D eigenvalue weighted by Gasteiger charge is 2.33. The highest BCUT2D eigenvalue weighted by molar-refractivity contribution is 6.68. The van der Waals surface area contributed by atoms with E-state index in [0.717, 1.165) is 0 Å². The minimum Gasteiger partial charge on any atom is -0.313 e. The van der Waals surface area contributed by atoms with E-state index in [1.807, 2.05) is 0 Å². The standard InChI is InChI=1S/C11H11Cl3N2O3/c1-15-10(11(12,13)14)6-9(17)7-2-4-8(5-3-7)16(18)19/h2-5,10,15H,6H2,1H3/t10-/m1/s1. The molecule has 0 aliphatic heterocycles. The van der Waals surface area contributed by atoms with Crippen LogP contribution in [0.1, 0.15) is 16.8 Å². The van der Waals surface area contributed by atoms with Crippen LogP contribution in [0.15, 0.2) is 24.3 Å². The van der Waals surface area contributed by atoms with Gasteiger partial charge in [0.2, 0.25) is 3.79 Å². The summed E-state index contributed by atoms with van der Waals surface area (Å²) in [4.78, 5) is 21.9. The van der Waals surface area contributed by atoms with Gasteiger partial charge in [-0.25, -0.2) is 0 Å². The van der Waals surface area contributed by atoms with Crippen molar-refractivity contribution in [1.29, 1.82) is 0 Å². The Bertz CT molecular complexity index is 471. The lowest BCUT2D eigenvalue weighted by Crippen LogP contribution is -2.39. The molecule has 0 spiro atoms. The van der Waals surface area contributed by atoms with Crippen LogP contribution in [0.5, 0.6) is 0 Å². The molecule has 0 radical (unpaired) electrons. The summed E-state index contributed by atoms with van der Waals surface area (Å²) in [5.41, 5.74) is 0.253. The second-order valence-corrected chi connectivity index (χ2v) is 6.18. The predicted octanol–water partition coefficient (Wildman–Crippen LogP) is 3.13. The molecule has 0 saturated heterocycles. The molecule has 1 N–H and O–H groups in total. The zero-order valence-corrected chi connectivity index (χ0v) is 12.2. The Morgan fingerprint density at radius 1 is 1.37 bits per heavy atom. The normalized spacial score (nSPS) is 13.1. The minimum atomic E-state index is -1.61. The van der Waals surface area contributed by atoms with Crippen molar-refractivity contribution in [1.82, 2.24) is 5.32 Å². The van der Waals surface area contributed by atoms with Gasteiger partial charge in [0.15, 0.2) is 5.78 Å². The van der Waals surface area contributed by atoms with Gasteiger partial charge in [0, 0.05) is 24.1 Å². The van der Waals surface area contributed by atoms with Gasteiger partial charge in [0.05, 0.1) is 11.0 Å². The molecule has 0 fully saturated rings. The maximum atomic E-state index is 12.0. The van der Waals surface area contributed by atoms with Gasteiger partial charge in [-0.1, -0.05) is 34.8 Å². The maximum Gasteiger partial charge on any atom is 0.269 e. The molecule has 5 nitrogen and oxygen atoms in total. The molecule has 0 aromatic heterocycles. The van der Waals surface area contributed by atoms with Crippen molar-refractivity contribution in [2.24, 2.45) is 0 Å². The van der Waals surface area contributed by atoms with Crippen LogP contribution in [-0.4, -0.2) is 27.6 Å². The summed E-state index contributed by atoms with van der Waals surface area (Å²) >= 11 is 17.2. The number of Topliss-reactive ketones (excluding diaryl/α,β-unsaturated/α-hetero) is 1. The van der Waals surface area contributed by atoms with Gasteiger partial charge in [-0.2, -0.15) is 0 Å². The van der Waals surface area contributed by atoms with Crippen LogP contribution in [0.4, 0.5) is 5.69 Å². The van der Waals surface area contributed by atoms with Gasteiger partial charge in [-0.05, 0) is 19.2 Å². The number of nitrogens with one attached hydrogen (secondary N) is 1. The van der Waals surface area contributed by atoms with Crippen LogP contribution in [0, 0.1) is 10.1 Å². The maximum absolute atomic E-state index is 12.0.